The molecule has 2 aliphatic rings. The van der Waals surface area contributed by atoms with Gasteiger partial charge in [0.2, 0.25) is 5.91 Å². The molecule has 2 saturated carbocycles. The van der Waals surface area contributed by atoms with E-state index in [-0.39, 0.29) is 36.0 Å². The van der Waals surface area contributed by atoms with Gasteiger partial charge in [-0.05, 0) is 49.3 Å². The number of carbonyl (C=O) groups is 3. The molecule has 10 nitrogen and oxygen atoms in total. The number of anilines is 1. The first-order valence-electron chi connectivity index (χ1n) is 15.3. The van der Waals surface area contributed by atoms with Crippen LogP contribution >= 0.6 is 0 Å². The number of aromatic nitrogens is 2. The second kappa shape index (κ2) is 14.8. The summed E-state index contributed by atoms with van der Waals surface area (Å²) in [7, 11) is 0. The summed E-state index contributed by atoms with van der Waals surface area (Å²) in [5, 5.41) is 19.5. The van der Waals surface area contributed by atoms with Gasteiger partial charge in [-0.3, -0.25) is 9.59 Å². The van der Waals surface area contributed by atoms with Gasteiger partial charge in [0.15, 0.2) is 5.69 Å². The van der Waals surface area contributed by atoms with Crippen LogP contribution in [-0.2, 0) is 22.7 Å². The van der Waals surface area contributed by atoms with Crippen molar-refractivity contribution in [2.45, 2.75) is 83.1 Å². The number of carbonyl (C=O) groups excluding carboxylic acids is 2. The van der Waals surface area contributed by atoms with Gasteiger partial charge in [-0.25, -0.2) is 9.48 Å². The number of hydrogen-bond acceptors (Lipinski definition) is 6. The van der Waals surface area contributed by atoms with Gasteiger partial charge in [0.05, 0.1) is 31.0 Å². The number of ether oxygens (including phenoxy) is 2. The molecular weight excluding hydrogens is 548 g/mol. The summed E-state index contributed by atoms with van der Waals surface area (Å²) in [6.07, 6.45) is 9.39. The van der Waals surface area contributed by atoms with Gasteiger partial charge in [-0.15, -0.1) is 0 Å². The number of nitrogens with one attached hydrogen (secondary N) is 2. The first kappa shape index (κ1) is 30.3. The molecule has 0 saturated heterocycles. The summed E-state index contributed by atoms with van der Waals surface area (Å²) in [6, 6.07) is 18.0. The maximum absolute atomic E-state index is 13.4. The van der Waals surface area contributed by atoms with E-state index < -0.39 is 11.9 Å². The zero-order chi connectivity index (χ0) is 30.0. The van der Waals surface area contributed by atoms with Gasteiger partial charge < -0.3 is 25.2 Å². The minimum atomic E-state index is -1.29. The fraction of sp³-hybridized carbons (Fsp3) is 0.455. The van der Waals surface area contributed by atoms with Crippen molar-refractivity contribution in [1.82, 2.24) is 15.1 Å². The monoisotopic (exact) mass is 588 g/mol. The number of carboxylic acids is 1. The highest BCUT2D eigenvalue weighted by atomic mass is 16.5. The lowest BCUT2D eigenvalue weighted by Gasteiger charge is -2.32. The van der Waals surface area contributed by atoms with Crippen LogP contribution in [0.4, 0.5) is 5.69 Å². The Bertz CT molecular complexity index is 1390. The highest BCUT2D eigenvalue weighted by Gasteiger charge is 2.28. The number of nitrogens with zero attached hydrogens (tertiary/aromatic N) is 2. The van der Waals surface area contributed by atoms with Crippen LogP contribution in [0.25, 0.3) is 0 Å². The van der Waals surface area contributed by atoms with E-state index in [0.717, 1.165) is 48.8 Å². The summed E-state index contributed by atoms with van der Waals surface area (Å²) in [4.78, 5) is 38.3. The molecule has 2 atom stereocenters. The number of benzene rings is 2. The maximum Gasteiger partial charge on any atom is 0.356 e. The van der Waals surface area contributed by atoms with Crippen molar-refractivity contribution in [3.8, 4) is 5.75 Å². The maximum atomic E-state index is 13.4. The summed E-state index contributed by atoms with van der Waals surface area (Å²) in [6.45, 7) is 0.721. The topological polar surface area (TPSA) is 132 Å². The highest BCUT2D eigenvalue weighted by molar-refractivity contribution is 6.05. The normalized spacial score (nSPS) is 19.0. The predicted molar refractivity (Wildman–Crippen MR) is 161 cm³/mol. The summed E-state index contributed by atoms with van der Waals surface area (Å²) >= 11 is 0. The third-order valence-corrected chi connectivity index (χ3v) is 8.22. The number of aromatic carboxylic acids is 1. The SMILES string of the molecule is O=C(Cn1nc(C(=O)O)cc1C(=O)Nc1ccccc1OCC1CCCCC1)N[C@H]1CCCC[C@@H]1OCc1ccccc1. The van der Waals surface area contributed by atoms with Crippen LogP contribution in [0.3, 0.4) is 0 Å². The quantitative estimate of drug-likeness (QED) is 0.257. The molecule has 0 aliphatic heterocycles. The lowest BCUT2D eigenvalue weighted by Crippen LogP contribution is -2.47. The number of hydrogen-bond donors (Lipinski definition) is 3. The number of carboxylic acid groups (broad SMARTS) is 1. The molecule has 2 amide bonds. The van der Waals surface area contributed by atoms with Crippen LogP contribution in [0.15, 0.2) is 60.7 Å². The molecule has 0 bridgehead atoms. The van der Waals surface area contributed by atoms with Crippen molar-refractivity contribution in [2.24, 2.45) is 5.92 Å². The van der Waals surface area contributed by atoms with Crippen LogP contribution in [0, 0.1) is 5.92 Å². The predicted octanol–water partition coefficient (Wildman–Crippen LogP) is 5.44. The Kier molecular flexibility index (Phi) is 10.4. The lowest BCUT2D eigenvalue weighted by molar-refractivity contribution is -0.124. The lowest BCUT2D eigenvalue weighted by atomic mass is 9.90. The summed E-state index contributed by atoms with van der Waals surface area (Å²) in [5.74, 6) is -1.20. The van der Waals surface area contributed by atoms with Gasteiger partial charge in [0, 0.05) is 6.07 Å². The molecule has 2 aromatic carbocycles. The van der Waals surface area contributed by atoms with Crippen molar-refractivity contribution >= 4 is 23.5 Å². The van der Waals surface area contributed by atoms with Gasteiger partial charge in [0.25, 0.3) is 5.91 Å². The van der Waals surface area contributed by atoms with Crippen molar-refractivity contribution in [3.05, 3.63) is 77.6 Å². The van der Waals surface area contributed by atoms with E-state index in [1.165, 1.54) is 25.3 Å². The Labute approximate surface area is 251 Å². The molecule has 1 heterocycles. The summed E-state index contributed by atoms with van der Waals surface area (Å²) in [5.41, 5.74) is 1.18. The minimum Gasteiger partial charge on any atom is -0.491 e. The molecular formula is C33H40N4O6. The largest absolute Gasteiger partial charge is 0.491 e. The molecule has 0 unspecified atom stereocenters. The second-order valence-electron chi connectivity index (χ2n) is 11.4. The van der Waals surface area contributed by atoms with E-state index in [9.17, 15) is 19.5 Å². The Hall–Kier alpha value is -4.18. The average Bonchev–Trinajstić information content (AvgIpc) is 3.45. The van der Waals surface area contributed by atoms with E-state index in [0.29, 0.717) is 30.6 Å². The van der Waals surface area contributed by atoms with Gasteiger partial charge in [0.1, 0.15) is 18.0 Å². The van der Waals surface area contributed by atoms with Gasteiger partial charge in [-0.2, -0.15) is 5.10 Å². The van der Waals surface area contributed by atoms with Crippen molar-refractivity contribution in [3.63, 3.8) is 0 Å². The molecule has 5 rings (SSSR count). The number of rotatable bonds is 12. The van der Waals surface area contributed by atoms with E-state index in [4.69, 9.17) is 9.47 Å². The van der Waals surface area contributed by atoms with Crippen molar-refractivity contribution < 1.29 is 29.0 Å². The zero-order valence-corrected chi connectivity index (χ0v) is 24.4. The van der Waals surface area contributed by atoms with Gasteiger partial charge >= 0.3 is 5.97 Å². The third kappa shape index (κ3) is 8.44. The van der Waals surface area contributed by atoms with Crippen molar-refractivity contribution in [1.29, 1.82) is 0 Å². The molecule has 10 heteroatoms. The summed E-state index contributed by atoms with van der Waals surface area (Å²) < 4.78 is 13.4. The smallest absolute Gasteiger partial charge is 0.356 e. The van der Waals surface area contributed by atoms with Crippen LogP contribution in [-0.4, -0.2) is 51.4 Å². The number of para-hydroxylation sites is 2. The standard InChI is InChI=1S/C33H40N4O6/c38-31(34-25-15-7-9-17-29(25)42-21-23-11-3-1-4-12-23)20-37-28(19-27(36-37)33(40)41)32(39)35-26-16-8-10-18-30(26)43-22-24-13-5-2-6-14-24/h1,3-4,8,10-12,16,18-19,24-25,29H,2,5-7,9,13-15,17,20-22H2,(H,34,38)(H,35,39)(H,40,41)/t25-,29-/m0/s1. The first-order valence-corrected chi connectivity index (χ1v) is 15.3. The highest BCUT2D eigenvalue weighted by Crippen LogP contribution is 2.29. The average molecular weight is 589 g/mol. The van der Waals surface area contributed by atoms with Gasteiger partial charge in [-0.1, -0.05) is 74.6 Å². The molecule has 2 fully saturated rings. The minimum absolute atomic E-state index is 0.0323. The fourth-order valence-electron chi connectivity index (χ4n) is 5.90. The van der Waals surface area contributed by atoms with E-state index in [1.54, 1.807) is 18.2 Å². The fourth-order valence-corrected chi connectivity index (χ4v) is 5.90. The molecule has 2 aliphatic carbocycles. The van der Waals surface area contributed by atoms with E-state index in [1.807, 2.05) is 36.4 Å². The molecule has 0 radical (unpaired) electrons. The van der Waals surface area contributed by atoms with Crippen LogP contribution in [0.5, 0.6) is 5.75 Å². The molecule has 0 spiro atoms. The third-order valence-electron chi connectivity index (χ3n) is 8.22. The molecule has 3 aromatic rings. The Morgan fingerprint density at radius 2 is 1.63 bits per heavy atom. The zero-order valence-electron chi connectivity index (χ0n) is 24.4. The van der Waals surface area contributed by atoms with Crippen molar-refractivity contribution in [2.75, 3.05) is 11.9 Å². The van der Waals surface area contributed by atoms with Crippen LogP contribution in [0.2, 0.25) is 0 Å². The Balaban J connectivity index is 1.24. The first-order chi connectivity index (χ1) is 21.0. The Morgan fingerprint density at radius 3 is 2.42 bits per heavy atom. The molecule has 1 aromatic heterocycles. The Morgan fingerprint density at radius 1 is 0.907 bits per heavy atom. The second-order valence-corrected chi connectivity index (χ2v) is 11.4. The number of amides is 2. The van der Waals surface area contributed by atoms with Crippen LogP contribution in [0.1, 0.15) is 84.3 Å². The van der Waals surface area contributed by atoms with Crippen LogP contribution < -0.4 is 15.4 Å². The molecule has 228 valence electrons. The van der Waals surface area contributed by atoms with E-state index >= 15 is 0 Å². The molecule has 43 heavy (non-hydrogen) atoms. The van der Waals surface area contributed by atoms with E-state index in [2.05, 4.69) is 15.7 Å². The molecule has 3 N–H and O–H groups in total.